The second kappa shape index (κ2) is 9.34. The molecule has 0 aromatic heterocycles. The zero-order valence-corrected chi connectivity index (χ0v) is 17.0. The third-order valence-corrected chi connectivity index (χ3v) is 5.62. The second-order valence-corrected chi connectivity index (χ2v) is 6.75. The lowest BCUT2D eigenvalue weighted by atomic mass is 9.83. The Hall–Kier alpha value is -2.19. The monoisotopic (exact) mass is 413 g/mol. The van der Waals surface area contributed by atoms with Crippen molar-refractivity contribution in [2.75, 3.05) is 27.9 Å². The van der Waals surface area contributed by atoms with E-state index in [0.717, 1.165) is 43.0 Å². The number of ether oxygens (including phenoxy) is 3. The molecule has 2 aromatic carbocycles. The molecule has 0 fully saturated rings. The maximum absolute atomic E-state index is 10.5. The number of nitrogens with one attached hydrogen (secondary N) is 1. The van der Waals surface area contributed by atoms with Gasteiger partial charge in [0.15, 0.2) is 23.0 Å². The number of aromatic hydroxyl groups is 1. The zero-order valence-electron chi connectivity index (χ0n) is 16.3. The summed E-state index contributed by atoms with van der Waals surface area (Å²) in [7, 11) is 4.95. The molecule has 1 unspecified atom stereocenters. The third-order valence-electron chi connectivity index (χ3n) is 5.62. The summed E-state index contributed by atoms with van der Waals surface area (Å²) in [5, 5.41) is 10.5. The maximum Gasteiger partial charge on any atom is 0.166 e. The van der Waals surface area contributed by atoms with Crippen LogP contribution in [0, 0.1) is 0 Å². The number of rotatable bonds is 3. The summed E-state index contributed by atoms with van der Waals surface area (Å²) >= 11 is 0. The SMILES string of the molecule is COc1cc2c(cc1OC)[C@@H]1Cc3ccc(OC)c(O)c3C[NH+]1CC2.O.O.[Cl-]. The summed E-state index contributed by atoms with van der Waals surface area (Å²) < 4.78 is 16.2. The molecule has 28 heavy (non-hydrogen) atoms. The van der Waals surface area contributed by atoms with Crippen molar-refractivity contribution in [3.05, 3.63) is 46.5 Å². The maximum atomic E-state index is 10.5. The first-order valence-corrected chi connectivity index (χ1v) is 8.63. The average molecular weight is 414 g/mol. The van der Waals surface area contributed by atoms with Crippen LogP contribution in [0.25, 0.3) is 0 Å². The number of quaternary nitrogens is 1. The van der Waals surface area contributed by atoms with Crippen molar-refractivity contribution in [1.29, 1.82) is 0 Å². The minimum atomic E-state index is 0. The van der Waals surface area contributed by atoms with E-state index in [1.54, 1.807) is 21.3 Å². The molecule has 156 valence electrons. The molecule has 2 atom stereocenters. The van der Waals surface area contributed by atoms with Crippen molar-refractivity contribution in [1.82, 2.24) is 0 Å². The van der Waals surface area contributed by atoms with Crippen LogP contribution in [0.4, 0.5) is 0 Å². The number of methoxy groups -OCH3 is 3. The summed E-state index contributed by atoms with van der Waals surface area (Å²) in [6, 6.07) is 8.57. The molecule has 0 radical (unpaired) electrons. The van der Waals surface area contributed by atoms with Crippen molar-refractivity contribution in [2.45, 2.75) is 25.4 Å². The first kappa shape index (κ1) is 23.8. The highest BCUT2D eigenvalue weighted by Crippen LogP contribution is 2.39. The summed E-state index contributed by atoms with van der Waals surface area (Å²) in [6.45, 7) is 1.86. The fraction of sp³-hybridized carbons (Fsp3) is 0.400. The molecule has 0 saturated carbocycles. The van der Waals surface area contributed by atoms with Crippen LogP contribution in [0.3, 0.4) is 0 Å². The molecule has 2 aliphatic heterocycles. The molecule has 2 aromatic rings. The molecular weight excluding hydrogens is 386 g/mol. The highest BCUT2D eigenvalue weighted by atomic mass is 35.5. The molecule has 0 spiro atoms. The molecule has 6 N–H and O–H groups in total. The van der Waals surface area contributed by atoms with Crippen LogP contribution in [0.5, 0.6) is 23.0 Å². The fourth-order valence-electron chi connectivity index (χ4n) is 4.29. The van der Waals surface area contributed by atoms with Gasteiger partial charge in [0.25, 0.3) is 0 Å². The van der Waals surface area contributed by atoms with Gasteiger partial charge >= 0.3 is 0 Å². The van der Waals surface area contributed by atoms with Gasteiger partial charge in [-0.1, -0.05) is 6.07 Å². The van der Waals surface area contributed by atoms with Crippen LogP contribution < -0.4 is 31.5 Å². The molecule has 7 nitrogen and oxygen atoms in total. The van der Waals surface area contributed by atoms with Crippen molar-refractivity contribution in [3.63, 3.8) is 0 Å². The number of hydrogen-bond donors (Lipinski definition) is 2. The molecule has 4 rings (SSSR count). The predicted molar refractivity (Wildman–Crippen MR) is 101 cm³/mol. The van der Waals surface area contributed by atoms with E-state index in [9.17, 15) is 5.11 Å². The Balaban J connectivity index is 0.00000131. The Morgan fingerprint density at radius 3 is 2.21 bits per heavy atom. The number of hydrogen-bond acceptors (Lipinski definition) is 4. The third kappa shape index (κ3) is 3.71. The predicted octanol–water partition coefficient (Wildman–Crippen LogP) is -2.99. The standard InChI is InChI=1S/C20H23NO4.ClH.2H2O/c1-23-17-5-4-12-8-16-14-10-19(25-3)18(24-2)9-13(14)6-7-21(16)11-15(12)20(17)22;;;/h4-5,9-10,16,22H,6-8,11H2,1-3H3;1H;2*1H2/t16-;;;/m0.../s1. The normalized spacial score (nSPS) is 18.7. The van der Waals surface area contributed by atoms with Crippen LogP contribution in [0.1, 0.15) is 28.3 Å². The van der Waals surface area contributed by atoms with E-state index in [-0.39, 0.29) is 23.4 Å². The number of fused-ring (bicyclic) bond motifs is 4. The van der Waals surface area contributed by atoms with Crippen molar-refractivity contribution in [3.8, 4) is 23.0 Å². The van der Waals surface area contributed by atoms with E-state index >= 15 is 0 Å². The van der Waals surface area contributed by atoms with Gasteiger partial charge in [-0.2, -0.15) is 0 Å². The van der Waals surface area contributed by atoms with Gasteiger partial charge in [0.05, 0.1) is 33.4 Å². The molecule has 0 saturated heterocycles. The van der Waals surface area contributed by atoms with Gasteiger partial charge < -0.3 is 47.6 Å². The van der Waals surface area contributed by atoms with E-state index in [1.165, 1.54) is 21.6 Å². The Morgan fingerprint density at radius 1 is 0.929 bits per heavy atom. The first-order chi connectivity index (χ1) is 12.2. The van der Waals surface area contributed by atoms with E-state index in [1.807, 2.05) is 6.07 Å². The quantitative estimate of drug-likeness (QED) is 0.558. The van der Waals surface area contributed by atoms with Gasteiger partial charge in [0.2, 0.25) is 0 Å². The van der Waals surface area contributed by atoms with Crippen molar-refractivity contribution >= 4 is 0 Å². The highest BCUT2D eigenvalue weighted by Gasteiger charge is 2.37. The Bertz CT molecular complexity index is 829. The van der Waals surface area contributed by atoms with Gasteiger partial charge in [-0.3, -0.25) is 0 Å². The van der Waals surface area contributed by atoms with Crippen LogP contribution in [0.2, 0.25) is 0 Å². The van der Waals surface area contributed by atoms with Gasteiger partial charge in [-0.15, -0.1) is 0 Å². The Morgan fingerprint density at radius 2 is 1.57 bits per heavy atom. The van der Waals surface area contributed by atoms with E-state index in [2.05, 4.69) is 18.2 Å². The lowest BCUT2D eigenvalue weighted by Crippen LogP contribution is -3.13. The van der Waals surface area contributed by atoms with Gasteiger partial charge in [0.1, 0.15) is 12.6 Å². The fourth-order valence-corrected chi connectivity index (χ4v) is 4.29. The van der Waals surface area contributed by atoms with Gasteiger partial charge in [-0.25, -0.2) is 0 Å². The van der Waals surface area contributed by atoms with E-state index in [0.29, 0.717) is 17.5 Å². The zero-order chi connectivity index (χ0) is 17.6. The molecule has 0 aliphatic carbocycles. The summed E-state index contributed by atoms with van der Waals surface area (Å²) in [4.78, 5) is 1.48. The van der Waals surface area contributed by atoms with Crippen molar-refractivity contribution < 1.29 is 47.6 Å². The first-order valence-electron chi connectivity index (χ1n) is 8.63. The van der Waals surface area contributed by atoms with Gasteiger partial charge in [0, 0.05) is 18.4 Å². The number of phenols is 1. The minimum Gasteiger partial charge on any atom is -1.00 e. The summed E-state index contributed by atoms with van der Waals surface area (Å²) in [6.07, 6.45) is 1.91. The lowest BCUT2D eigenvalue weighted by molar-refractivity contribution is -0.949. The number of halogens is 1. The molecule has 8 heteroatoms. The van der Waals surface area contributed by atoms with Gasteiger partial charge in [-0.05, 0) is 29.3 Å². The molecular formula is C20H28ClNO6. The van der Waals surface area contributed by atoms with Crippen LogP contribution in [-0.4, -0.2) is 43.9 Å². The Kier molecular flexibility index (Phi) is 7.95. The van der Waals surface area contributed by atoms with Crippen molar-refractivity contribution in [2.24, 2.45) is 0 Å². The summed E-state index contributed by atoms with van der Waals surface area (Å²) in [5.41, 5.74) is 4.90. The molecule has 2 aliphatic rings. The number of phenolic OH excluding ortho intramolecular Hbond substituents is 1. The Labute approximate surface area is 170 Å². The smallest absolute Gasteiger partial charge is 0.166 e. The minimum absolute atomic E-state index is 0. The largest absolute Gasteiger partial charge is 1.00 e. The lowest BCUT2D eigenvalue weighted by Gasteiger charge is -2.39. The second-order valence-electron chi connectivity index (χ2n) is 6.75. The van der Waals surface area contributed by atoms with Crippen LogP contribution in [0.15, 0.2) is 24.3 Å². The molecule has 0 bridgehead atoms. The highest BCUT2D eigenvalue weighted by molar-refractivity contribution is 5.52. The van der Waals surface area contributed by atoms with Crippen LogP contribution in [-0.2, 0) is 19.4 Å². The summed E-state index contributed by atoms with van der Waals surface area (Å²) in [5.74, 6) is 2.43. The topological polar surface area (TPSA) is 115 Å². The van der Waals surface area contributed by atoms with E-state index < -0.39 is 0 Å². The van der Waals surface area contributed by atoms with Crippen LogP contribution >= 0.6 is 0 Å². The van der Waals surface area contributed by atoms with E-state index in [4.69, 9.17) is 14.2 Å². The molecule has 0 amide bonds. The number of benzene rings is 2. The average Bonchev–Trinajstić information content (AvgIpc) is 2.66. The molecule has 2 heterocycles.